The van der Waals surface area contributed by atoms with Gasteiger partial charge >= 0.3 is 6.09 Å². The number of halogens is 3. The lowest BCUT2D eigenvalue weighted by Crippen LogP contribution is -2.63. The molecule has 3 heterocycles. The molecule has 1 aromatic carbocycles. The Labute approximate surface area is 299 Å². The number of ether oxygens (including phenoxy) is 1. The molecule has 0 spiro atoms. The van der Waals surface area contributed by atoms with Crippen LogP contribution in [0.4, 0.5) is 29.3 Å². The number of hydrogen-bond acceptors (Lipinski definition) is 7. The summed E-state index contributed by atoms with van der Waals surface area (Å²) in [5, 5.41) is 5.96. The molecule has 276 valence electrons. The maximum atomic E-state index is 14.9. The molecule has 1 fully saturated rings. The molecule has 5 rings (SSSR count). The zero-order valence-electron chi connectivity index (χ0n) is 31.2. The van der Waals surface area contributed by atoms with E-state index in [1.165, 1.54) is 12.1 Å². The van der Waals surface area contributed by atoms with Gasteiger partial charge in [0.2, 0.25) is 0 Å². The Balaban J connectivity index is 1.52. The van der Waals surface area contributed by atoms with Crippen LogP contribution in [0.25, 0.3) is 11.3 Å². The van der Waals surface area contributed by atoms with Crippen molar-refractivity contribution in [2.24, 2.45) is 5.92 Å². The summed E-state index contributed by atoms with van der Waals surface area (Å²) in [6.07, 6.45) is 2.37. The first-order valence-electron chi connectivity index (χ1n) is 17.5. The number of alkyl carbamates (subject to hydrolysis) is 1. The summed E-state index contributed by atoms with van der Waals surface area (Å²) in [6.45, 7) is 21.5. The minimum Gasteiger partial charge on any atom is -0.444 e. The fraction of sp³-hybridized carbons (Fsp3) is 0.526. The molecule has 0 bridgehead atoms. The molecule has 0 saturated carbocycles. The van der Waals surface area contributed by atoms with Crippen molar-refractivity contribution in [1.82, 2.24) is 15.3 Å². The lowest BCUT2D eigenvalue weighted by atomic mass is 9.91. The summed E-state index contributed by atoms with van der Waals surface area (Å²) < 4.78 is 56.8. The number of benzene rings is 1. The minimum absolute atomic E-state index is 0.0454. The highest BCUT2D eigenvalue weighted by molar-refractivity contribution is 6.74. The molecule has 1 aliphatic carbocycles. The molecule has 9 nitrogen and oxygen atoms in total. The molecule has 13 heteroatoms. The normalized spacial score (nSPS) is 20.9. The van der Waals surface area contributed by atoms with E-state index in [0.717, 1.165) is 48.0 Å². The van der Waals surface area contributed by atoms with Crippen LogP contribution in [0.2, 0.25) is 18.1 Å². The number of piperidine rings is 1. The van der Waals surface area contributed by atoms with E-state index in [9.17, 15) is 22.8 Å². The molecular weight excluding hydrogens is 676 g/mol. The summed E-state index contributed by atoms with van der Waals surface area (Å²) >= 11 is 0. The number of carbonyl (C=O) groups excluding carboxylic acids is 2. The van der Waals surface area contributed by atoms with E-state index in [-0.39, 0.29) is 28.7 Å². The third-order valence-electron chi connectivity index (χ3n) is 10.1. The largest absolute Gasteiger partial charge is 0.444 e. The highest BCUT2D eigenvalue weighted by Gasteiger charge is 2.46. The summed E-state index contributed by atoms with van der Waals surface area (Å²) in [5.41, 5.74) is 0.919. The van der Waals surface area contributed by atoms with Gasteiger partial charge in [-0.05, 0) is 87.5 Å². The molecule has 1 aliphatic heterocycles. The van der Waals surface area contributed by atoms with Gasteiger partial charge in [0.25, 0.3) is 5.91 Å². The van der Waals surface area contributed by atoms with Gasteiger partial charge in [-0.1, -0.05) is 40.7 Å². The van der Waals surface area contributed by atoms with Crippen molar-refractivity contribution in [1.29, 1.82) is 0 Å². The molecule has 0 radical (unpaired) electrons. The Morgan fingerprint density at radius 1 is 0.961 bits per heavy atom. The van der Waals surface area contributed by atoms with E-state index < -0.39 is 60.7 Å². The van der Waals surface area contributed by atoms with E-state index in [4.69, 9.17) is 14.1 Å². The van der Waals surface area contributed by atoms with E-state index in [2.05, 4.69) is 68.2 Å². The van der Waals surface area contributed by atoms with Crippen LogP contribution in [0.5, 0.6) is 0 Å². The smallest absolute Gasteiger partial charge is 0.408 e. The summed E-state index contributed by atoms with van der Waals surface area (Å²) in [4.78, 5) is 38.0. The van der Waals surface area contributed by atoms with Crippen molar-refractivity contribution >= 4 is 31.7 Å². The van der Waals surface area contributed by atoms with Crippen LogP contribution in [0.1, 0.15) is 89.5 Å². The van der Waals surface area contributed by atoms with Crippen LogP contribution < -0.4 is 15.5 Å². The van der Waals surface area contributed by atoms with Crippen molar-refractivity contribution < 1.29 is 31.9 Å². The number of hydrogen-bond donors (Lipinski definition) is 2. The second-order valence-corrected chi connectivity index (χ2v) is 21.1. The Morgan fingerprint density at radius 3 is 2.25 bits per heavy atom. The van der Waals surface area contributed by atoms with Crippen molar-refractivity contribution in [2.75, 3.05) is 23.3 Å². The van der Waals surface area contributed by atoms with Crippen molar-refractivity contribution in [3.8, 4) is 11.3 Å². The highest BCUT2D eigenvalue weighted by Crippen LogP contribution is 2.44. The zero-order chi connectivity index (χ0) is 37.6. The standard InChI is InChI=1S/C38H50F3N5O4Si/c1-21-14-15-23-31(21)42-18-28(44-35(47)27-17-16-26(41)32(43-27)30-24(39)12-11-13-25(30)40)33(23)46-19-22(2)34(50-51(9,10)38(6,7)8)29(20-46)45-36(48)49-37(3,4)5/h11-13,16-18,21-22,29,34H,14-15,19-20H2,1-10H3,(H,44,47)(H,45,48)/t21-,22+,29-,34-/m1/s1. The first-order valence-corrected chi connectivity index (χ1v) is 20.4. The number of amides is 2. The summed E-state index contributed by atoms with van der Waals surface area (Å²) in [6, 6.07) is 4.85. The van der Waals surface area contributed by atoms with Crippen LogP contribution in [-0.2, 0) is 15.6 Å². The van der Waals surface area contributed by atoms with E-state index in [0.29, 0.717) is 18.8 Å². The number of pyridine rings is 2. The van der Waals surface area contributed by atoms with Gasteiger partial charge in [-0.3, -0.25) is 9.78 Å². The summed E-state index contributed by atoms with van der Waals surface area (Å²) in [7, 11) is -2.27. The van der Waals surface area contributed by atoms with Gasteiger partial charge in [0.15, 0.2) is 8.32 Å². The predicted molar refractivity (Wildman–Crippen MR) is 195 cm³/mol. The minimum atomic E-state index is -2.27. The Kier molecular flexibility index (Phi) is 10.7. The fourth-order valence-corrected chi connectivity index (χ4v) is 8.01. The number of aromatic nitrogens is 2. The van der Waals surface area contributed by atoms with Gasteiger partial charge in [-0.15, -0.1) is 0 Å². The van der Waals surface area contributed by atoms with Gasteiger partial charge in [0.1, 0.15) is 34.4 Å². The third kappa shape index (κ3) is 8.24. The monoisotopic (exact) mass is 725 g/mol. The quantitative estimate of drug-likeness (QED) is 0.235. The molecule has 0 unspecified atom stereocenters. The molecule has 2 N–H and O–H groups in total. The lowest BCUT2D eigenvalue weighted by molar-refractivity contribution is 0.0336. The topological polar surface area (TPSA) is 106 Å². The number of nitrogens with one attached hydrogen (secondary N) is 2. The molecular formula is C38H50F3N5O4Si. The first-order chi connectivity index (χ1) is 23.7. The SMILES string of the molecule is C[C@@H]1CCc2c1ncc(NC(=O)c1ccc(F)c(-c3c(F)cccc3F)n1)c2N1C[C@H](C)[C@@H](O[Si](C)(C)C(C)(C)C)[C@H](NC(=O)OC(C)(C)C)C1. The second-order valence-electron chi connectivity index (χ2n) is 16.4. The number of carbonyl (C=O) groups is 2. The lowest BCUT2D eigenvalue weighted by Gasteiger charge is -2.49. The van der Waals surface area contributed by atoms with Crippen LogP contribution in [-0.4, -0.2) is 61.1 Å². The van der Waals surface area contributed by atoms with Gasteiger partial charge < -0.3 is 24.7 Å². The molecule has 2 aliphatic rings. The first kappa shape index (κ1) is 38.3. The highest BCUT2D eigenvalue weighted by atomic mass is 28.4. The third-order valence-corrected chi connectivity index (χ3v) is 14.6. The average Bonchev–Trinajstić information content (AvgIpc) is 3.38. The molecule has 2 aromatic heterocycles. The van der Waals surface area contributed by atoms with E-state index >= 15 is 0 Å². The number of anilines is 2. The molecule has 51 heavy (non-hydrogen) atoms. The number of rotatable bonds is 7. The summed E-state index contributed by atoms with van der Waals surface area (Å²) in [5.74, 6) is -3.51. The average molecular weight is 726 g/mol. The van der Waals surface area contributed by atoms with E-state index in [1.54, 1.807) is 6.20 Å². The molecule has 1 saturated heterocycles. The van der Waals surface area contributed by atoms with E-state index in [1.807, 2.05) is 20.8 Å². The Bertz CT molecular complexity index is 1790. The maximum Gasteiger partial charge on any atom is 0.408 e. The molecule has 4 atom stereocenters. The van der Waals surface area contributed by atoms with Crippen LogP contribution in [0.3, 0.4) is 0 Å². The fourth-order valence-electron chi connectivity index (χ4n) is 6.58. The second kappa shape index (κ2) is 14.2. The molecule has 3 aromatic rings. The van der Waals surface area contributed by atoms with Gasteiger partial charge in [-0.25, -0.2) is 22.9 Å². The van der Waals surface area contributed by atoms with Crippen LogP contribution in [0.15, 0.2) is 36.5 Å². The number of nitrogens with zero attached hydrogens (tertiary/aromatic N) is 3. The Morgan fingerprint density at radius 2 is 1.63 bits per heavy atom. The van der Waals surface area contributed by atoms with Crippen molar-refractivity contribution in [3.05, 3.63) is 70.9 Å². The maximum absolute atomic E-state index is 14.9. The Hall–Kier alpha value is -3.97. The van der Waals surface area contributed by atoms with Crippen LogP contribution >= 0.6 is 0 Å². The van der Waals surface area contributed by atoms with Crippen molar-refractivity contribution in [2.45, 2.75) is 110 Å². The number of fused-ring (bicyclic) bond motifs is 1. The van der Waals surface area contributed by atoms with Gasteiger partial charge in [-0.2, -0.15) is 0 Å². The van der Waals surface area contributed by atoms with Gasteiger partial charge in [0, 0.05) is 24.7 Å². The van der Waals surface area contributed by atoms with Gasteiger partial charge in [0.05, 0.1) is 35.3 Å². The van der Waals surface area contributed by atoms with Crippen LogP contribution in [0, 0.1) is 23.4 Å². The predicted octanol–water partition coefficient (Wildman–Crippen LogP) is 8.60. The molecule has 2 amide bonds. The van der Waals surface area contributed by atoms with Crippen molar-refractivity contribution in [3.63, 3.8) is 0 Å². The zero-order valence-corrected chi connectivity index (χ0v) is 32.2.